The molecule has 4 nitrogen and oxygen atoms in total. The summed E-state index contributed by atoms with van der Waals surface area (Å²) in [7, 11) is -0.320. The molecular formula is C25H39BO4. The van der Waals surface area contributed by atoms with Crippen molar-refractivity contribution in [2.75, 3.05) is 6.61 Å². The molecule has 1 saturated heterocycles. The predicted molar refractivity (Wildman–Crippen MR) is 123 cm³/mol. The average molecular weight is 414 g/mol. The average Bonchev–Trinajstić information content (AvgIpc) is 2.85. The second kappa shape index (κ2) is 10.1. The van der Waals surface area contributed by atoms with Crippen LogP contribution in [0, 0.1) is 5.41 Å². The van der Waals surface area contributed by atoms with Crippen LogP contribution in [0.3, 0.4) is 0 Å². The van der Waals surface area contributed by atoms with Crippen LogP contribution < -0.4 is 0 Å². The molecule has 0 N–H and O–H groups in total. The maximum absolute atomic E-state index is 11.9. The summed E-state index contributed by atoms with van der Waals surface area (Å²) in [4.78, 5) is 11.9. The van der Waals surface area contributed by atoms with E-state index in [1.807, 2.05) is 26.8 Å². The fraction of sp³-hybridized carbons (Fsp3) is 0.640. The Bertz CT molecular complexity index is 700. The molecule has 1 aromatic rings. The molecule has 0 unspecified atom stereocenters. The first-order chi connectivity index (χ1) is 13.9. The molecule has 5 heteroatoms. The van der Waals surface area contributed by atoms with Crippen LogP contribution in [0.2, 0.25) is 0 Å². The minimum absolute atomic E-state index is 0.139. The minimum Gasteiger partial charge on any atom is -0.465 e. The fourth-order valence-corrected chi connectivity index (χ4v) is 3.23. The standard InChI is InChI=1S/C25H39BO4/c1-23(2,3)22(27)28-18-12-11-15-21(17-16-20-13-9-8-10-14-20)19-26-29-24(4,5)25(6,7)30-26/h8-10,13-14,19H,11-12,15-18H2,1-7H3/b21-19-. The second-order valence-electron chi connectivity index (χ2n) is 10.3. The van der Waals surface area contributed by atoms with E-state index in [2.05, 4.69) is 57.9 Å². The van der Waals surface area contributed by atoms with Crippen molar-refractivity contribution < 1.29 is 18.8 Å². The number of ether oxygens (including phenoxy) is 1. The number of carbonyl (C=O) groups is 1. The van der Waals surface area contributed by atoms with Gasteiger partial charge in [-0.05, 0) is 86.1 Å². The molecule has 0 aliphatic carbocycles. The van der Waals surface area contributed by atoms with Gasteiger partial charge in [-0.2, -0.15) is 0 Å². The molecule has 0 atom stereocenters. The smallest absolute Gasteiger partial charge is 0.465 e. The second-order valence-corrected chi connectivity index (χ2v) is 10.3. The third kappa shape index (κ3) is 7.28. The van der Waals surface area contributed by atoms with Gasteiger partial charge in [-0.15, -0.1) is 0 Å². The van der Waals surface area contributed by atoms with Crippen molar-refractivity contribution in [2.24, 2.45) is 5.41 Å². The lowest BCUT2D eigenvalue weighted by atomic mass is 9.84. The van der Waals surface area contributed by atoms with E-state index in [0.717, 1.165) is 32.1 Å². The molecular weight excluding hydrogens is 375 g/mol. The molecule has 1 aliphatic rings. The van der Waals surface area contributed by atoms with Crippen molar-refractivity contribution in [3.63, 3.8) is 0 Å². The van der Waals surface area contributed by atoms with Crippen LogP contribution in [0.4, 0.5) is 0 Å². The first-order valence-electron chi connectivity index (χ1n) is 11.2. The van der Waals surface area contributed by atoms with Gasteiger partial charge in [0, 0.05) is 0 Å². The first kappa shape index (κ1) is 24.7. The van der Waals surface area contributed by atoms with Gasteiger partial charge < -0.3 is 14.0 Å². The van der Waals surface area contributed by atoms with E-state index in [9.17, 15) is 4.79 Å². The molecule has 1 aliphatic heterocycles. The normalized spacial score (nSPS) is 18.5. The molecule has 0 amide bonds. The highest BCUT2D eigenvalue weighted by atomic mass is 16.7. The minimum atomic E-state index is -0.447. The third-order valence-corrected chi connectivity index (χ3v) is 5.96. The quantitative estimate of drug-likeness (QED) is 0.285. The summed E-state index contributed by atoms with van der Waals surface area (Å²) in [5.41, 5.74) is 1.55. The van der Waals surface area contributed by atoms with Gasteiger partial charge in [0.2, 0.25) is 0 Å². The largest absolute Gasteiger partial charge is 0.487 e. The van der Waals surface area contributed by atoms with E-state index in [-0.39, 0.29) is 24.3 Å². The Hall–Kier alpha value is -1.59. The van der Waals surface area contributed by atoms with Gasteiger partial charge in [0.05, 0.1) is 23.2 Å². The molecule has 2 rings (SSSR count). The number of esters is 1. The predicted octanol–water partition coefficient (Wildman–Crippen LogP) is 5.94. The van der Waals surface area contributed by atoms with Gasteiger partial charge in [-0.25, -0.2) is 0 Å². The lowest BCUT2D eigenvalue weighted by molar-refractivity contribution is -0.153. The number of rotatable bonds is 9. The van der Waals surface area contributed by atoms with E-state index < -0.39 is 5.41 Å². The number of allylic oxidation sites excluding steroid dienone is 1. The third-order valence-electron chi connectivity index (χ3n) is 5.96. The van der Waals surface area contributed by atoms with E-state index in [0.29, 0.717) is 6.61 Å². The van der Waals surface area contributed by atoms with Crippen molar-refractivity contribution in [3.05, 3.63) is 47.4 Å². The first-order valence-corrected chi connectivity index (χ1v) is 11.2. The summed E-state index contributed by atoms with van der Waals surface area (Å²) in [6.45, 7) is 14.4. The van der Waals surface area contributed by atoms with E-state index >= 15 is 0 Å². The van der Waals surface area contributed by atoms with Gasteiger partial charge in [0.25, 0.3) is 0 Å². The van der Waals surface area contributed by atoms with Crippen LogP contribution in [0.15, 0.2) is 41.9 Å². The molecule has 0 saturated carbocycles. The number of carbonyl (C=O) groups excluding carboxylic acids is 1. The zero-order chi connectivity index (χ0) is 22.4. The highest BCUT2D eigenvalue weighted by molar-refractivity contribution is 6.51. The van der Waals surface area contributed by atoms with E-state index in [4.69, 9.17) is 14.0 Å². The van der Waals surface area contributed by atoms with Gasteiger partial charge in [0.1, 0.15) is 0 Å². The lowest BCUT2D eigenvalue weighted by Gasteiger charge is -2.32. The summed E-state index contributed by atoms with van der Waals surface area (Å²) in [6, 6.07) is 10.5. The van der Waals surface area contributed by atoms with Crippen LogP contribution in [-0.4, -0.2) is 30.9 Å². The van der Waals surface area contributed by atoms with Crippen molar-refractivity contribution in [2.45, 2.75) is 91.8 Å². The van der Waals surface area contributed by atoms with Crippen molar-refractivity contribution >= 4 is 13.1 Å². The Balaban J connectivity index is 1.93. The van der Waals surface area contributed by atoms with Gasteiger partial charge >= 0.3 is 13.1 Å². The number of hydrogen-bond donors (Lipinski definition) is 0. The fourth-order valence-electron chi connectivity index (χ4n) is 3.23. The summed E-state index contributed by atoms with van der Waals surface area (Å²) < 4.78 is 17.7. The Labute approximate surface area is 183 Å². The molecule has 0 aromatic heterocycles. The van der Waals surface area contributed by atoms with E-state index in [1.54, 1.807) is 0 Å². The number of benzene rings is 1. The maximum atomic E-state index is 11.9. The zero-order valence-corrected chi connectivity index (χ0v) is 19.9. The van der Waals surface area contributed by atoms with Crippen LogP contribution in [-0.2, 0) is 25.3 Å². The van der Waals surface area contributed by atoms with Crippen LogP contribution >= 0.6 is 0 Å². The van der Waals surface area contributed by atoms with Crippen molar-refractivity contribution in [3.8, 4) is 0 Å². The van der Waals surface area contributed by atoms with Crippen LogP contribution in [0.1, 0.15) is 79.7 Å². The highest BCUT2D eigenvalue weighted by Crippen LogP contribution is 2.37. The van der Waals surface area contributed by atoms with Crippen LogP contribution in [0.25, 0.3) is 0 Å². The molecule has 1 fully saturated rings. The summed E-state index contributed by atoms with van der Waals surface area (Å²) in [5, 5.41) is 0. The highest BCUT2D eigenvalue weighted by Gasteiger charge is 2.50. The Morgan fingerprint density at radius 3 is 2.17 bits per heavy atom. The SMILES string of the molecule is CC(C)(C)C(=O)OCCCC/C(=C/B1OC(C)(C)C(C)(C)O1)CCc1ccccc1. The number of aryl methyl sites for hydroxylation is 1. The topological polar surface area (TPSA) is 44.8 Å². The summed E-state index contributed by atoms with van der Waals surface area (Å²) >= 11 is 0. The Morgan fingerprint density at radius 2 is 1.60 bits per heavy atom. The number of hydrogen-bond acceptors (Lipinski definition) is 4. The van der Waals surface area contributed by atoms with Gasteiger partial charge in [-0.3, -0.25) is 4.79 Å². The summed E-state index contributed by atoms with van der Waals surface area (Å²) in [5.74, 6) is 2.01. The van der Waals surface area contributed by atoms with Gasteiger partial charge in [-0.1, -0.05) is 41.9 Å². The molecule has 0 spiro atoms. The molecule has 0 radical (unpaired) electrons. The van der Waals surface area contributed by atoms with Gasteiger partial charge in [0.15, 0.2) is 0 Å². The molecule has 1 aromatic carbocycles. The number of unbranched alkanes of at least 4 members (excludes halogenated alkanes) is 1. The van der Waals surface area contributed by atoms with Crippen molar-refractivity contribution in [1.82, 2.24) is 0 Å². The van der Waals surface area contributed by atoms with E-state index in [1.165, 1.54) is 11.1 Å². The molecule has 166 valence electrons. The Morgan fingerprint density at radius 1 is 1.00 bits per heavy atom. The molecule has 0 bridgehead atoms. The van der Waals surface area contributed by atoms with Crippen molar-refractivity contribution in [1.29, 1.82) is 0 Å². The van der Waals surface area contributed by atoms with Crippen LogP contribution in [0.5, 0.6) is 0 Å². The zero-order valence-electron chi connectivity index (χ0n) is 19.9. The lowest BCUT2D eigenvalue weighted by Crippen LogP contribution is -2.41. The maximum Gasteiger partial charge on any atom is 0.487 e. The summed E-state index contributed by atoms with van der Waals surface area (Å²) in [6.07, 6.45) is 4.73. The Kier molecular flexibility index (Phi) is 8.35. The molecule has 30 heavy (non-hydrogen) atoms. The monoisotopic (exact) mass is 414 g/mol. The molecule has 1 heterocycles.